The maximum Gasteiger partial charge on any atom is 0.252 e. The third-order valence-corrected chi connectivity index (χ3v) is 3.73. The van der Waals surface area contributed by atoms with Gasteiger partial charge in [-0.25, -0.2) is 0 Å². The Hall–Kier alpha value is -1.29. The summed E-state index contributed by atoms with van der Waals surface area (Å²) in [6.45, 7) is 2.68. The summed E-state index contributed by atoms with van der Waals surface area (Å²) in [6, 6.07) is 8.17. The molecule has 0 radical (unpaired) electrons. The number of amides is 1. The number of aliphatic imine (C=N–C) groups is 1. The van der Waals surface area contributed by atoms with Gasteiger partial charge in [-0.1, -0.05) is 19.1 Å². The molecule has 0 spiro atoms. The maximum absolute atomic E-state index is 11.5. The molecule has 0 unspecified atom stereocenters. The average molecular weight is 218 g/mol. The Labute approximate surface area is 92.2 Å². The van der Waals surface area contributed by atoms with E-state index in [1.165, 1.54) is 10.6 Å². The molecule has 0 saturated carbocycles. The zero-order valence-corrected chi connectivity index (χ0v) is 9.12. The molecule has 3 nitrogen and oxygen atoms in total. The normalized spacial score (nSPS) is 23.5. The summed E-state index contributed by atoms with van der Waals surface area (Å²) in [5, 5.41) is 0.833. The van der Waals surface area contributed by atoms with Crippen molar-refractivity contribution in [1.29, 1.82) is 0 Å². The Balaban J connectivity index is 2.09. The molecule has 0 saturated heterocycles. The molecule has 3 rings (SSSR count). The van der Waals surface area contributed by atoms with E-state index in [0.29, 0.717) is 0 Å². The van der Waals surface area contributed by atoms with Crippen molar-refractivity contribution in [2.45, 2.75) is 11.8 Å². The summed E-state index contributed by atoms with van der Waals surface area (Å²) in [7, 11) is 0. The van der Waals surface area contributed by atoms with Crippen LogP contribution in [-0.2, 0) is 4.79 Å². The number of carbonyl (C=O) groups is 1. The second-order valence-electron chi connectivity index (χ2n) is 3.81. The fourth-order valence-electron chi connectivity index (χ4n) is 1.84. The van der Waals surface area contributed by atoms with Crippen LogP contribution in [0, 0.1) is 5.92 Å². The number of para-hydroxylation sites is 1. The number of anilines is 1. The smallest absolute Gasteiger partial charge is 0.252 e. The minimum atomic E-state index is 0.000469. The molecule has 76 valence electrons. The number of rotatable bonds is 0. The van der Waals surface area contributed by atoms with E-state index in [-0.39, 0.29) is 11.8 Å². The first kappa shape index (κ1) is 8.97. The highest BCUT2D eigenvalue weighted by molar-refractivity contribution is 8.14. The number of hydrogen-bond donors (Lipinski definition) is 0. The molecule has 2 aliphatic rings. The van der Waals surface area contributed by atoms with Gasteiger partial charge in [0.25, 0.3) is 5.91 Å². The quantitative estimate of drug-likeness (QED) is 0.668. The number of thioether (sulfide) groups is 1. The molecule has 1 aromatic carbocycles. The highest BCUT2D eigenvalue weighted by atomic mass is 32.2. The van der Waals surface area contributed by atoms with E-state index in [2.05, 4.69) is 22.0 Å². The van der Waals surface area contributed by atoms with Crippen LogP contribution in [0.25, 0.3) is 0 Å². The van der Waals surface area contributed by atoms with Crippen LogP contribution >= 0.6 is 11.8 Å². The molecule has 2 aliphatic heterocycles. The monoisotopic (exact) mass is 218 g/mol. The minimum absolute atomic E-state index is 0.000469. The molecule has 1 amide bonds. The van der Waals surface area contributed by atoms with Gasteiger partial charge < -0.3 is 4.90 Å². The van der Waals surface area contributed by atoms with Crippen LogP contribution < -0.4 is 4.90 Å². The van der Waals surface area contributed by atoms with Gasteiger partial charge in [-0.15, -0.1) is 0 Å². The number of amidine groups is 1. The lowest BCUT2D eigenvalue weighted by molar-refractivity contribution is -0.121. The third-order valence-electron chi connectivity index (χ3n) is 2.67. The van der Waals surface area contributed by atoms with Crippen LogP contribution in [0.15, 0.2) is 34.2 Å². The Morgan fingerprint density at radius 3 is 3.13 bits per heavy atom. The summed E-state index contributed by atoms with van der Waals surface area (Å²) < 4.78 is 0. The van der Waals surface area contributed by atoms with Gasteiger partial charge in [0, 0.05) is 11.4 Å². The van der Waals surface area contributed by atoms with E-state index in [9.17, 15) is 4.79 Å². The maximum atomic E-state index is 11.5. The lowest BCUT2D eigenvalue weighted by atomic mass is 10.1. The third kappa shape index (κ3) is 1.28. The Bertz CT molecular complexity index is 469. The van der Waals surface area contributed by atoms with E-state index in [0.717, 1.165) is 11.7 Å². The largest absolute Gasteiger partial charge is 0.319 e. The van der Waals surface area contributed by atoms with Gasteiger partial charge in [-0.05, 0) is 23.9 Å². The van der Waals surface area contributed by atoms with Gasteiger partial charge in [-0.3, -0.25) is 4.79 Å². The zero-order valence-electron chi connectivity index (χ0n) is 8.30. The molecule has 0 aromatic heterocycles. The molecular formula is C11H10N2OS. The summed E-state index contributed by atoms with van der Waals surface area (Å²) in [4.78, 5) is 18.9. The van der Waals surface area contributed by atoms with Gasteiger partial charge in [0.1, 0.15) is 0 Å². The van der Waals surface area contributed by atoms with Crippen LogP contribution in [0.4, 0.5) is 5.69 Å². The summed E-state index contributed by atoms with van der Waals surface area (Å²) >= 11 is 1.58. The predicted octanol–water partition coefficient (Wildman–Crippen LogP) is 2.13. The van der Waals surface area contributed by atoms with Crippen LogP contribution in [-0.4, -0.2) is 17.6 Å². The second kappa shape index (κ2) is 3.10. The van der Waals surface area contributed by atoms with Crippen LogP contribution in [0.3, 0.4) is 0 Å². The fraction of sp³-hybridized carbons (Fsp3) is 0.273. The standard InChI is InChI=1S/C11H10N2OS/c1-7-6-13-8-4-2-3-5-9(8)15-11(13)12-10(7)14/h2-5,7H,6H2,1H3/t7-/m0/s1. The molecule has 15 heavy (non-hydrogen) atoms. The Morgan fingerprint density at radius 1 is 1.47 bits per heavy atom. The van der Waals surface area contributed by atoms with Gasteiger partial charge in [-0.2, -0.15) is 4.99 Å². The van der Waals surface area contributed by atoms with Crippen molar-refractivity contribution in [2.75, 3.05) is 11.4 Å². The summed E-state index contributed by atoms with van der Waals surface area (Å²) in [5.41, 5.74) is 1.18. The van der Waals surface area contributed by atoms with Crippen LogP contribution in [0.1, 0.15) is 6.92 Å². The second-order valence-corrected chi connectivity index (χ2v) is 4.82. The van der Waals surface area contributed by atoms with Gasteiger partial charge >= 0.3 is 0 Å². The van der Waals surface area contributed by atoms with E-state index < -0.39 is 0 Å². The molecule has 0 bridgehead atoms. The first-order valence-electron chi connectivity index (χ1n) is 4.92. The first-order chi connectivity index (χ1) is 7.25. The highest BCUT2D eigenvalue weighted by Crippen LogP contribution is 2.41. The lowest BCUT2D eigenvalue weighted by Crippen LogP contribution is -2.37. The van der Waals surface area contributed by atoms with Gasteiger partial charge in [0.2, 0.25) is 0 Å². The number of benzene rings is 1. The molecule has 4 heteroatoms. The van der Waals surface area contributed by atoms with Crippen LogP contribution in [0.2, 0.25) is 0 Å². The van der Waals surface area contributed by atoms with Crippen molar-refractivity contribution in [3.8, 4) is 0 Å². The van der Waals surface area contributed by atoms with E-state index in [4.69, 9.17) is 0 Å². The molecule has 0 fully saturated rings. The molecule has 1 aromatic rings. The van der Waals surface area contributed by atoms with Crippen molar-refractivity contribution in [1.82, 2.24) is 0 Å². The molecule has 0 N–H and O–H groups in total. The number of fused-ring (bicyclic) bond motifs is 3. The molecular weight excluding hydrogens is 208 g/mol. The van der Waals surface area contributed by atoms with Crippen molar-refractivity contribution in [2.24, 2.45) is 10.9 Å². The summed E-state index contributed by atoms with van der Waals surface area (Å²) in [5.74, 6) is 0.00191. The summed E-state index contributed by atoms with van der Waals surface area (Å²) in [6.07, 6.45) is 0. The fourth-order valence-corrected chi connectivity index (χ4v) is 2.88. The topological polar surface area (TPSA) is 32.7 Å². The SMILES string of the molecule is C[C@H]1CN2C(=NC1=O)Sc1ccccc12. The number of carbonyl (C=O) groups excluding carboxylic acids is 1. The average Bonchev–Trinajstić information content (AvgIpc) is 2.57. The Morgan fingerprint density at radius 2 is 2.27 bits per heavy atom. The molecule has 0 aliphatic carbocycles. The predicted molar refractivity (Wildman–Crippen MR) is 61.3 cm³/mol. The molecule has 1 atom stereocenters. The zero-order chi connectivity index (χ0) is 10.4. The highest BCUT2D eigenvalue weighted by Gasteiger charge is 2.33. The van der Waals surface area contributed by atoms with Crippen molar-refractivity contribution in [3.05, 3.63) is 24.3 Å². The van der Waals surface area contributed by atoms with Gasteiger partial charge in [0.15, 0.2) is 5.17 Å². The number of nitrogens with zero attached hydrogens (tertiary/aromatic N) is 2. The van der Waals surface area contributed by atoms with E-state index >= 15 is 0 Å². The first-order valence-corrected chi connectivity index (χ1v) is 5.74. The number of hydrogen-bond acceptors (Lipinski definition) is 3. The van der Waals surface area contributed by atoms with E-state index in [1.807, 2.05) is 19.1 Å². The van der Waals surface area contributed by atoms with Crippen molar-refractivity contribution in [3.63, 3.8) is 0 Å². The lowest BCUT2D eigenvalue weighted by Gasteiger charge is -2.25. The van der Waals surface area contributed by atoms with Gasteiger partial charge in [0.05, 0.1) is 11.6 Å². The van der Waals surface area contributed by atoms with Crippen molar-refractivity contribution >= 4 is 28.5 Å². The van der Waals surface area contributed by atoms with Crippen molar-refractivity contribution < 1.29 is 4.79 Å². The van der Waals surface area contributed by atoms with E-state index in [1.54, 1.807) is 11.8 Å². The molecule has 2 heterocycles. The Kier molecular flexibility index (Phi) is 1.85. The minimum Gasteiger partial charge on any atom is -0.319 e. The van der Waals surface area contributed by atoms with Crippen LogP contribution in [0.5, 0.6) is 0 Å².